The molecular formula is C10H13N3OS. The van der Waals surface area contributed by atoms with Crippen molar-refractivity contribution < 1.29 is 4.42 Å². The highest BCUT2D eigenvalue weighted by Gasteiger charge is 2.16. The predicted molar refractivity (Wildman–Crippen MR) is 58.9 cm³/mol. The van der Waals surface area contributed by atoms with Crippen LogP contribution < -0.4 is 5.32 Å². The molecule has 0 fully saturated rings. The highest BCUT2D eigenvalue weighted by molar-refractivity contribution is 7.05. The van der Waals surface area contributed by atoms with E-state index in [4.69, 9.17) is 4.42 Å². The summed E-state index contributed by atoms with van der Waals surface area (Å²) in [5.74, 6) is 0. The van der Waals surface area contributed by atoms with Crippen molar-refractivity contribution in [3.05, 3.63) is 34.7 Å². The van der Waals surface area contributed by atoms with Crippen LogP contribution in [-0.4, -0.2) is 16.6 Å². The van der Waals surface area contributed by atoms with E-state index in [-0.39, 0.29) is 6.04 Å². The Hall–Kier alpha value is -1.20. The number of likely N-dealkylation sites (N-methyl/N-ethyl adjacent to an activating group) is 1. The average Bonchev–Trinajstić information content (AvgIpc) is 2.85. The van der Waals surface area contributed by atoms with Gasteiger partial charge in [0, 0.05) is 6.04 Å². The maximum atomic E-state index is 5.05. The van der Waals surface area contributed by atoms with Gasteiger partial charge in [-0.3, -0.25) is 0 Å². The Bertz CT molecular complexity index is 410. The number of nitrogens with one attached hydrogen (secondary N) is 1. The number of hydrogen-bond acceptors (Lipinski definition) is 5. The van der Waals surface area contributed by atoms with Gasteiger partial charge in [-0.15, -0.1) is 5.10 Å². The zero-order valence-electron chi connectivity index (χ0n) is 8.73. The first-order valence-electron chi connectivity index (χ1n) is 4.78. The summed E-state index contributed by atoms with van der Waals surface area (Å²) in [5.41, 5.74) is 2.19. The number of hydrogen-bond donors (Lipinski definition) is 1. The van der Waals surface area contributed by atoms with E-state index in [0.29, 0.717) is 0 Å². The van der Waals surface area contributed by atoms with E-state index in [9.17, 15) is 0 Å². The van der Waals surface area contributed by atoms with Crippen LogP contribution in [0.2, 0.25) is 0 Å². The van der Waals surface area contributed by atoms with Crippen LogP contribution in [0.4, 0.5) is 0 Å². The third-order valence-corrected chi connectivity index (χ3v) is 3.31. The lowest BCUT2D eigenvalue weighted by molar-refractivity contribution is 0.553. The van der Waals surface area contributed by atoms with Gasteiger partial charge in [0.15, 0.2) is 0 Å². The lowest BCUT2D eigenvalue weighted by Gasteiger charge is -2.12. The molecule has 2 heterocycles. The number of rotatable bonds is 4. The van der Waals surface area contributed by atoms with Crippen LogP contribution in [-0.2, 0) is 6.42 Å². The summed E-state index contributed by atoms with van der Waals surface area (Å²) in [5, 5.41) is 7.29. The molecule has 0 aromatic carbocycles. The summed E-state index contributed by atoms with van der Waals surface area (Å²) >= 11 is 1.45. The molecule has 0 aliphatic rings. The molecule has 1 atom stereocenters. The van der Waals surface area contributed by atoms with Crippen LogP contribution in [0.1, 0.15) is 22.2 Å². The summed E-state index contributed by atoms with van der Waals surface area (Å²) in [6.45, 7) is 1.98. The molecule has 2 aromatic rings. The van der Waals surface area contributed by atoms with Gasteiger partial charge >= 0.3 is 0 Å². The van der Waals surface area contributed by atoms with Gasteiger partial charge in [-0.2, -0.15) is 0 Å². The minimum atomic E-state index is 0.266. The van der Waals surface area contributed by atoms with Crippen molar-refractivity contribution in [1.82, 2.24) is 14.9 Å². The molecule has 0 saturated carbocycles. The van der Waals surface area contributed by atoms with Gasteiger partial charge in [0.1, 0.15) is 0 Å². The van der Waals surface area contributed by atoms with Crippen LogP contribution in [0.15, 0.2) is 23.0 Å². The fourth-order valence-corrected chi connectivity index (χ4v) is 2.28. The quantitative estimate of drug-likeness (QED) is 0.860. The second kappa shape index (κ2) is 4.55. The molecule has 4 nitrogen and oxygen atoms in total. The molecule has 0 saturated heterocycles. The number of aromatic nitrogens is 2. The van der Waals surface area contributed by atoms with Crippen LogP contribution in [0.5, 0.6) is 0 Å². The van der Waals surface area contributed by atoms with E-state index in [1.54, 1.807) is 12.5 Å². The Morgan fingerprint density at radius 1 is 1.60 bits per heavy atom. The Balaban J connectivity index is 2.15. The van der Waals surface area contributed by atoms with Crippen LogP contribution >= 0.6 is 11.5 Å². The Kier molecular flexibility index (Phi) is 3.13. The van der Waals surface area contributed by atoms with Gasteiger partial charge in [-0.1, -0.05) is 4.49 Å². The minimum absolute atomic E-state index is 0.266. The van der Waals surface area contributed by atoms with Crippen molar-refractivity contribution in [1.29, 1.82) is 0 Å². The number of aryl methyl sites for hydroxylation is 1. The van der Waals surface area contributed by atoms with Crippen molar-refractivity contribution in [2.24, 2.45) is 0 Å². The van der Waals surface area contributed by atoms with Gasteiger partial charge in [0.2, 0.25) is 0 Å². The van der Waals surface area contributed by atoms with Gasteiger partial charge in [0.05, 0.1) is 23.1 Å². The van der Waals surface area contributed by atoms with Crippen molar-refractivity contribution in [2.45, 2.75) is 19.4 Å². The van der Waals surface area contributed by atoms with Crippen molar-refractivity contribution in [2.75, 3.05) is 7.05 Å². The van der Waals surface area contributed by atoms with E-state index < -0.39 is 0 Å². The SMILES string of the molecule is CNC(Cc1ccoc1)c1snnc1C. The van der Waals surface area contributed by atoms with Crippen LogP contribution in [0.25, 0.3) is 0 Å². The second-order valence-electron chi connectivity index (χ2n) is 3.40. The fraction of sp³-hybridized carbons (Fsp3) is 0.400. The van der Waals surface area contributed by atoms with E-state index in [2.05, 4.69) is 14.9 Å². The molecule has 0 amide bonds. The summed E-state index contributed by atoms with van der Waals surface area (Å²) < 4.78 is 9.00. The van der Waals surface area contributed by atoms with Crippen LogP contribution in [0, 0.1) is 6.92 Å². The van der Waals surface area contributed by atoms with Gasteiger partial charge < -0.3 is 9.73 Å². The van der Waals surface area contributed by atoms with E-state index in [1.165, 1.54) is 22.0 Å². The molecule has 0 radical (unpaired) electrons. The van der Waals surface area contributed by atoms with Crippen molar-refractivity contribution >= 4 is 11.5 Å². The molecule has 0 aliphatic heterocycles. The summed E-state index contributed by atoms with van der Waals surface area (Å²) in [6.07, 6.45) is 4.37. The standard InChI is InChI=1S/C10H13N3OS/c1-7-10(15-13-12-7)9(11-2)5-8-3-4-14-6-8/h3-4,6,9,11H,5H2,1-2H3. The van der Waals surface area contributed by atoms with Crippen molar-refractivity contribution in [3.63, 3.8) is 0 Å². The number of furan rings is 1. The summed E-state index contributed by atoms with van der Waals surface area (Å²) in [4.78, 5) is 1.19. The predicted octanol–water partition coefficient (Wildman–Crippen LogP) is 1.94. The first kappa shape index (κ1) is 10.3. The zero-order chi connectivity index (χ0) is 10.7. The molecule has 0 aliphatic carbocycles. The molecule has 80 valence electrons. The van der Waals surface area contributed by atoms with Gasteiger partial charge in [-0.05, 0) is 43.6 Å². The molecule has 15 heavy (non-hydrogen) atoms. The third-order valence-electron chi connectivity index (χ3n) is 2.37. The highest BCUT2D eigenvalue weighted by atomic mass is 32.1. The summed E-state index contributed by atoms with van der Waals surface area (Å²) in [7, 11) is 1.95. The molecule has 0 bridgehead atoms. The third kappa shape index (κ3) is 2.24. The van der Waals surface area contributed by atoms with Crippen LogP contribution in [0.3, 0.4) is 0 Å². The Morgan fingerprint density at radius 2 is 2.47 bits per heavy atom. The number of nitrogens with zero attached hydrogens (tertiary/aromatic N) is 2. The first-order chi connectivity index (χ1) is 7.31. The monoisotopic (exact) mass is 223 g/mol. The Morgan fingerprint density at radius 3 is 3.00 bits per heavy atom. The lowest BCUT2D eigenvalue weighted by Crippen LogP contribution is -2.18. The minimum Gasteiger partial charge on any atom is -0.472 e. The van der Waals surface area contributed by atoms with E-state index in [0.717, 1.165) is 12.1 Å². The fourth-order valence-electron chi connectivity index (χ4n) is 1.53. The molecule has 1 N–H and O–H groups in total. The molecule has 1 unspecified atom stereocenters. The van der Waals surface area contributed by atoms with E-state index in [1.807, 2.05) is 20.0 Å². The lowest BCUT2D eigenvalue weighted by atomic mass is 10.1. The van der Waals surface area contributed by atoms with Crippen molar-refractivity contribution in [3.8, 4) is 0 Å². The molecule has 0 spiro atoms. The maximum absolute atomic E-state index is 5.05. The Labute approximate surface area is 92.5 Å². The molecule has 2 aromatic heterocycles. The van der Waals surface area contributed by atoms with Gasteiger partial charge in [-0.25, -0.2) is 0 Å². The topological polar surface area (TPSA) is 51.0 Å². The highest BCUT2D eigenvalue weighted by Crippen LogP contribution is 2.23. The van der Waals surface area contributed by atoms with Gasteiger partial charge in [0.25, 0.3) is 0 Å². The largest absolute Gasteiger partial charge is 0.472 e. The second-order valence-corrected chi connectivity index (χ2v) is 4.19. The summed E-state index contributed by atoms with van der Waals surface area (Å²) in [6, 6.07) is 2.25. The molecule has 5 heteroatoms. The molecular weight excluding hydrogens is 210 g/mol. The maximum Gasteiger partial charge on any atom is 0.0935 e. The zero-order valence-corrected chi connectivity index (χ0v) is 9.54. The average molecular weight is 223 g/mol. The molecule has 2 rings (SSSR count). The van der Waals surface area contributed by atoms with E-state index >= 15 is 0 Å². The smallest absolute Gasteiger partial charge is 0.0935 e. The first-order valence-corrected chi connectivity index (χ1v) is 5.55. The normalized spacial score (nSPS) is 12.9.